The molecule has 0 unspecified atom stereocenters. The van der Waals surface area contributed by atoms with Crippen LogP contribution in [0.1, 0.15) is 52.9 Å². The number of fused-ring (bicyclic) bond motifs is 1. The van der Waals surface area contributed by atoms with Crippen LogP contribution in [-0.4, -0.2) is 33.8 Å². The molecule has 0 saturated carbocycles. The smallest absolute Gasteiger partial charge is 0.191 e. The summed E-state index contributed by atoms with van der Waals surface area (Å²) >= 11 is 1.92. The first-order valence-corrected chi connectivity index (χ1v) is 12.2. The van der Waals surface area contributed by atoms with Crippen LogP contribution in [0.4, 0.5) is 0 Å². The third-order valence-corrected chi connectivity index (χ3v) is 6.73. The fourth-order valence-corrected chi connectivity index (χ4v) is 5.10. The molecule has 0 atom stereocenters. The molecule has 6 nitrogen and oxygen atoms in total. The Bertz CT molecular complexity index is 959. The summed E-state index contributed by atoms with van der Waals surface area (Å²) in [7, 11) is 0. The molecule has 2 N–H and O–H groups in total. The fourth-order valence-electron chi connectivity index (χ4n) is 3.90. The van der Waals surface area contributed by atoms with Crippen LogP contribution >= 0.6 is 35.3 Å². The van der Waals surface area contributed by atoms with Gasteiger partial charge in [-0.05, 0) is 56.2 Å². The Kier molecular flexibility index (Phi) is 9.98. The van der Waals surface area contributed by atoms with Crippen molar-refractivity contribution in [2.75, 3.05) is 13.1 Å². The van der Waals surface area contributed by atoms with Gasteiger partial charge in [-0.15, -0.1) is 35.3 Å². The number of aliphatic imine (C=N–C) groups is 1. The second kappa shape index (κ2) is 12.9. The number of hydrogen-bond acceptors (Lipinski definition) is 4. The van der Waals surface area contributed by atoms with E-state index in [-0.39, 0.29) is 24.0 Å². The number of halogens is 1. The molecule has 1 aliphatic rings. The van der Waals surface area contributed by atoms with Crippen LogP contribution in [0.3, 0.4) is 0 Å². The predicted octanol–water partition coefficient (Wildman–Crippen LogP) is 4.57. The fraction of sp³-hybridized carbons (Fsp3) is 0.458. The highest BCUT2D eigenvalue weighted by Crippen LogP contribution is 2.27. The third-order valence-electron chi connectivity index (χ3n) is 5.51. The Labute approximate surface area is 212 Å². The minimum absolute atomic E-state index is 0. The van der Waals surface area contributed by atoms with Crippen molar-refractivity contribution in [1.82, 2.24) is 25.4 Å². The third kappa shape index (κ3) is 7.03. The summed E-state index contributed by atoms with van der Waals surface area (Å²) < 4.78 is 1.95. The molecule has 2 heterocycles. The van der Waals surface area contributed by atoms with Gasteiger partial charge < -0.3 is 10.6 Å². The van der Waals surface area contributed by atoms with Crippen molar-refractivity contribution < 1.29 is 0 Å². The second-order valence-corrected chi connectivity index (χ2v) is 9.05. The largest absolute Gasteiger partial charge is 0.357 e. The Morgan fingerprint density at radius 1 is 1.12 bits per heavy atom. The zero-order valence-corrected chi connectivity index (χ0v) is 21.9. The first-order valence-electron chi connectivity index (χ1n) is 11.4. The molecule has 0 aliphatic heterocycles. The molecule has 0 saturated heterocycles. The summed E-state index contributed by atoms with van der Waals surface area (Å²) in [5.74, 6) is 0.870. The quantitative estimate of drug-likeness (QED) is 0.173. The monoisotopic (exact) mass is 564 g/mol. The van der Waals surface area contributed by atoms with Crippen molar-refractivity contribution in [2.45, 2.75) is 58.5 Å². The number of hydrogen-bond donors (Lipinski definition) is 2. The number of guanidine groups is 1. The van der Waals surface area contributed by atoms with E-state index in [1.165, 1.54) is 52.4 Å². The molecule has 4 rings (SSSR count). The summed E-state index contributed by atoms with van der Waals surface area (Å²) in [5, 5.41) is 12.5. The van der Waals surface area contributed by atoms with Crippen LogP contribution in [0.2, 0.25) is 0 Å². The Balaban J connectivity index is 0.00000289. The van der Waals surface area contributed by atoms with Crippen LogP contribution in [0.15, 0.2) is 47.7 Å². The van der Waals surface area contributed by atoms with Crippen molar-refractivity contribution in [1.29, 1.82) is 0 Å². The van der Waals surface area contributed by atoms with Gasteiger partial charge in [0.1, 0.15) is 0 Å². The van der Waals surface area contributed by atoms with E-state index in [1.54, 1.807) is 0 Å². The standard InChI is InChI=1S/C24H32N6S.HI/c1-2-25-24(26-14-7-13-23-29-21-11-5-6-12-22(21)31-23)27-17-19-9-3-4-10-20(19)18-30-16-8-15-28-30;/h3-4,8-10,15-16H,2,5-7,11-14,17-18H2,1H3,(H2,25,26,27);1H. The first-order chi connectivity index (χ1) is 15.3. The Hall–Kier alpha value is -1.94. The van der Waals surface area contributed by atoms with Crippen molar-refractivity contribution in [2.24, 2.45) is 4.99 Å². The molecular formula is C24H33IN6S. The zero-order valence-electron chi connectivity index (χ0n) is 18.7. The Morgan fingerprint density at radius 2 is 1.97 bits per heavy atom. The van der Waals surface area contributed by atoms with Gasteiger partial charge in [0.2, 0.25) is 0 Å². The predicted molar refractivity (Wildman–Crippen MR) is 143 cm³/mol. The topological polar surface area (TPSA) is 67.1 Å². The average molecular weight is 565 g/mol. The highest BCUT2D eigenvalue weighted by molar-refractivity contribution is 14.0. The lowest BCUT2D eigenvalue weighted by Crippen LogP contribution is -2.37. The number of nitrogens with one attached hydrogen (secondary N) is 2. The first kappa shape index (κ1) is 24.7. The van der Waals surface area contributed by atoms with E-state index in [2.05, 4.69) is 46.9 Å². The van der Waals surface area contributed by atoms with Crippen molar-refractivity contribution >= 4 is 41.3 Å². The maximum Gasteiger partial charge on any atom is 0.191 e. The molecule has 2 aromatic heterocycles. The molecule has 8 heteroatoms. The van der Waals surface area contributed by atoms with Gasteiger partial charge in [-0.25, -0.2) is 9.98 Å². The summed E-state index contributed by atoms with van der Waals surface area (Å²) in [6.07, 6.45) is 10.9. The molecule has 0 spiro atoms. The number of aryl methyl sites for hydroxylation is 3. The van der Waals surface area contributed by atoms with Crippen LogP contribution in [0, 0.1) is 0 Å². The lowest BCUT2D eigenvalue weighted by molar-refractivity contribution is 0.677. The highest BCUT2D eigenvalue weighted by atomic mass is 127. The molecule has 0 bridgehead atoms. The SMILES string of the molecule is CCNC(=NCc1ccccc1Cn1cccn1)NCCCc1nc2c(s1)CCCC2.I. The van der Waals surface area contributed by atoms with E-state index in [0.29, 0.717) is 6.54 Å². The minimum Gasteiger partial charge on any atom is -0.357 e. The molecule has 0 amide bonds. The molecule has 0 radical (unpaired) electrons. The van der Waals surface area contributed by atoms with Crippen molar-refractivity contribution in [3.8, 4) is 0 Å². The van der Waals surface area contributed by atoms with E-state index >= 15 is 0 Å². The lowest BCUT2D eigenvalue weighted by atomic mass is 10.0. The van der Waals surface area contributed by atoms with E-state index in [4.69, 9.17) is 9.98 Å². The van der Waals surface area contributed by atoms with Gasteiger partial charge in [0.15, 0.2) is 5.96 Å². The number of aromatic nitrogens is 3. The summed E-state index contributed by atoms with van der Waals surface area (Å²) in [4.78, 5) is 11.2. The van der Waals surface area contributed by atoms with Crippen molar-refractivity contribution in [3.63, 3.8) is 0 Å². The summed E-state index contributed by atoms with van der Waals surface area (Å²) in [6.45, 7) is 5.25. The van der Waals surface area contributed by atoms with Gasteiger partial charge in [-0.2, -0.15) is 5.10 Å². The van der Waals surface area contributed by atoms with E-state index in [1.807, 2.05) is 34.5 Å². The number of thiazole rings is 1. The van der Waals surface area contributed by atoms with E-state index in [9.17, 15) is 0 Å². The normalized spacial score (nSPS) is 13.3. The van der Waals surface area contributed by atoms with Gasteiger partial charge in [0, 0.05) is 36.8 Å². The molecule has 1 aromatic carbocycles. The van der Waals surface area contributed by atoms with E-state index < -0.39 is 0 Å². The second-order valence-electron chi connectivity index (χ2n) is 7.88. The summed E-state index contributed by atoms with van der Waals surface area (Å²) in [5.41, 5.74) is 3.84. The van der Waals surface area contributed by atoms with Crippen LogP contribution < -0.4 is 10.6 Å². The van der Waals surface area contributed by atoms with Crippen LogP contribution in [0.25, 0.3) is 0 Å². The molecule has 0 fully saturated rings. The number of benzene rings is 1. The molecular weight excluding hydrogens is 531 g/mol. The van der Waals surface area contributed by atoms with Gasteiger partial charge >= 0.3 is 0 Å². The Morgan fingerprint density at radius 3 is 2.75 bits per heavy atom. The molecule has 1 aliphatic carbocycles. The van der Waals surface area contributed by atoms with Gasteiger partial charge in [-0.1, -0.05) is 24.3 Å². The number of rotatable bonds is 9. The van der Waals surface area contributed by atoms with Gasteiger partial charge in [0.05, 0.1) is 23.8 Å². The minimum atomic E-state index is 0. The maximum atomic E-state index is 4.86. The average Bonchev–Trinajstić information content (AvgIpc) is 3.45. The van der Waals surface area contributed by atoms with Gasteiger partial charge in [0.25, 0.3) is 0 Å². The zero-order chi connectivity index (χ0) is 21.3. The molecule has 3 aromatic rings. The van der Waals surface area contributed by atoms with Crippen molar-refractivity contribution in [3.05, 3.63) is 69.4 Å². The lowest BCUT2D eigenvalue weighted by Gasteiger charge is -2.12. The van der Waals surface area contributed by atoms with E-state index in [0.717, 1.165) is 38.4 Å². The van der Waals surface area contributed by atoms with Gasteiger partial charge in [-0.3, -0.25) is 4.68 Å². The molecule has 172 valence electrons. The molecule has 32 heavy (non-hydrogen) atoms. The summed E-state index contributed by atoms with van der Waals surface area (Å²) in [6, 6.07) is 10.4. The van der Waals surface area contributed by atoms with Crippen LogP contribution in [-0.2, 0) is 32.4 Å². The maximum absolute atomic E-state index is 4.86. The van der Waals surface area contributed by atoms with Crippen LogP contribution in [0.5, 0.6) is 0 Å². The highest BCUT2D eigenvalue weighted by Gasteiger charge is 2.14. The number of nitrogens with zero attached hydrogens (tertiary/aromatic N) is 4.